The third kappa shape index (κ3) is 1.51. The molecule has 0 heterocycles. The Kier molecular flexibility index (Phi) is 2.25. The molecule has 0 radical (unpaired) electrons. The molecule has 0 bridgehead atoms. The summed E-state index contributed by atoms with van der Waals surface area (Å²) in [7, 11) is 0. The quantitative estimate of drug-likeness (QED) is 0.717. The number of primary amides is 1. The molecule has 3 nitrogen and oxygen atoms in total. The number of carbonyl (C=O) groups excluding carboxylic acids is 1. The first-order valence-electron chi connectivity index (χ1n) is 4.72. The van der Waals surface area contributed by atoms with E-state index in [0.29, 0.717) is 6.42 Å². The van der Waals surface area contributed by atoms with Crippen LogP contribution in [0.15, 0.2) is 24.3 Å². The van der Waals surface area contributed by atoms with E-state index in [1.54, 1.807) is 0 Å². The third-order valence-electron chi connectivity index (χ3n) is 2.77. The molecule has 1 aromatic carbocycles. The lowest BCUT2D eigenvalue weighted by Gasteiger charge is -2.13. The van der Waals surface area contributed by atoms with Crippen LogP contribution >= 0.6 is 0 Å². The van der Waals surface area contributed by atoms with Gasteiger partial charge in [0.15, 0.2) is 0 Å². The van der Waals surface area contributed by atoms with Gasteiger partial charge in [-0.15, -0.1) is 0 Å². The Morgan fingerprint density at radius 2 is 2.21 bits per heavy atom. The van der Waals surface area contributed by atoms with Crippen LogP contribution in [-0.2, 0) is 11.2 Å². The van der Waals surface area contributed by atoms with Crippen LogP contribution in [0.5, 0.6) is 0 Å². The van der Waals surface area contributed by atoms with Gasteiger partial charge in [-0.1, -0.05) is 24.3 Å². The summed E-state index contributed by atoms with van der Waals surface area (Å²) in [6.45, 7) is 0. The number of benzene rings is 1. The molecule has 14 heavy (non-hydrogen) atoms. The fraction of sp³-hybridized carbons (Fsp3) is 0.364. The lowest BCUT2D eigenvalue weighted by molar-refractivity contribution is -0.118. The molecule has 0 spiro atoms. The largest absolute Gasteiger partial charge is 0.392 e. The number of fused-ring (bicyclic) bond motifs is 1. The summed E-state index contributed by atoms with van der Waals surface area (Å²) in [5, 5.41) is 9.75. The second-order valence-electron chi connectivity index (χ2n) is 3.75. The summed E-state index contributed by atoms with van der Waals surface area (Å²) in [6, 6.07) is 7.81. The molecule has 0 saturated heterocycles. The van der Waals surface area contributed by atoms with E-state index in [4.69, 9.17) is 5.73 Å². The van der Waals surface area contributed by atoms with E-state index >= 15 is 0 Å². The van der Waals surface area contributed by atoms with Gasteiger partial charge in [0.2, 0.25) is 5.91 Å². The van der Waals surface area contributed by atoms with Gasteiger partial charge in [0.05, 0.1) is 6.10 Å². The average molecular weight is 191 g/mol. The molecule has 2 rings (SSSR count). The second kappa shape index (κ2) is 3.42. The van der Waals surface area contributed by atoms with Crippen molar-refractivity contribution in [2.75, 3.05) is 0 Å². The highest BCUT2D eigenvalue weighted by Crippen LogP contribution is 2.35. The number of hydrogen-bond acceptors (Lipinski definition) is 2. The minimum atomic E-state index is -0.458. The van der Waals surface area contributed by atoms with Gasteiger partial charge in [0, 0.05) is 12.3 Å². The molecule has 3 N–H and O–H groups in total. The molecular weight excluding hydrogens is 178 g/mol. The highest BCUT2D eigenvalue weighted by Gasteiger charge is 2.31. The smallest absolute Gasteiger partial charge is 0.218 e. The molecule has 3 heteroatoms. The van der Waals surface area contributed by atoms with Crippen molar-refractivity contribution in [1.82, 2.24) is 0 Å². The number of amides is 1. The Hall–Kier alpha value is -1.35. The van der Waals surface area contributed by atoms with Gasteiger partial charge in [0.25, 0.3) is 0 Å². The Morgan fingerprint density at radius 1 is 1.50 bits per heavy atom. The SMILES string of the molecule is NC(=O)C[C@@H]1c2ccccc2C[C@@H]1O. The molecule has 1 aliphatic rings. The summed E-state index contributed by atoms with van der Waals surface area (Å²) in [6.07, 6.45) is 0.409. The first kappa shape index (κ1) is 9.21. The van der Waals surface area contributed by atoms with E-state index in [1.165, 1.54) is 0 Å². The lowest BCUT2D eigenvalue weighted by atomic mass is 9.96. The zero-order chi connectivity index (χ0) is 10.1. The van der Waals surface area contributed by atoms with Crippen molar-refractivity contribution >= 4 is 5.91 Å². The van der Waals surface area contributed by atoms with E-state index in [2.05, 4.69) is 0 Å². The maximum absolute atomic E-state index is 10.8. The Morgan fingerprint density at radius 3 is 2.93 bits per heavy atom. The van der Waals surface area contributed by atoms with Gasteiger partial charge >= 0.3 is 0 Å². The van der Waals surface area contributed by atoms with Crippen LogP contribution in [0.2, 0.25) is 0 Å². The number of nitrogens with two attached hydrogens (primary N) is 1. The molecule has 1 amide bonds. The van der Waals surface area contributed by atoms with Crippen molar-refractivity contribution in [2.24, 2.45) is 5.73 Å². The van der Waals surface area contributed by atoms with Crippen LogP contribution in [0.4, 0.5) is 0 Å². The van der Waals surface area contributed by atoms with E-state index in [1.807, 2.05) is 24.3 Å². The number of aliphatic hydroxyl groups is 1. The standard InChI is InChI=1S/C11H13NO2/c12-11(14)6-9-8-4-2-1-3-7(8)5-10(9)13/h1-4,9-10,13H,5-6H2,(H2,12,14)/t9-,10+/m1/s1. The average Bonchev–Trinajstić information content (AvgIpc) is 2.43. The van der Waals surface area contributed by atoms with Crippen molar-refractivity contribution in [3.8, 4) is 0 Å². The number of aliphatic hydroxyl groups excluding tert-OH is 1. The Balaban J connectivity index is 2.30. The minimum Gasteiger partial charge on any atom is -0.392 e. The summed E-state index contributed by atoms with van der Waals surface area (Å²) in [5.74, 6) is -0.463. The zero-order valence-corrected chi connectivity index (χ0v) is 7.81. The van der Waals surface area contributed by atoms with Gasteiger partial charge in [-0.25, -0.2) is 0 Å². The molecule has 1 aliphatic carbocycles. The van der Waals surface area contributed by atoms with Crippen LogP contribution < -0.4 is 5.73 Å². The maximum Gasteiger partial charge on any atom is 0.218 e. The van der Waals surface area contributed by atoms with Crippen LogP contribution in [-0.4, -0.2) is 17.1 Å². The van der Waals surface area contributed by atoms with Crippen molar-refractivity contribution < 1.29 is 9.90 Å². The van der Waals surface area contributed by atoms with E-state index < -0.39 is 6.10 Å². The first-order chi connectivity index (χ1) is 6.68. The monoisotopic (exact) mass is 191 g/mol. The van der Waals surface area contributed by atoms with Crippen molar-refractivity contribution in [2.45, 2.75) is 24.9 Å². The molecule has 74 valence electrons. The molecule has 0 aromatic heterocycles. The molecule has 0 aliphatic heterocycles. The number of rotatable bonds is 2. The van der Waals surface area contributed by atoms with Crippen molar-refractivity contribution in [1.29, 1.82) is 0 Å². The predicted molar refractivity (Wildman–Crippen MR) is 52.7 cm³/mol. The summed E-state index contributed by atoms with van der Waals surface area (Å²) >= 11 is 0. The Labute approximate surface area is 82.5 Å². The Bertz CT molecular complexity index is 362. The molecule has 0 unspecified atom stereocenters. The van der Waals surface area contributed by atoms with Crippen LogP contribution in [0.3, 0.4) is 0 Å². The number of carbonyl (C=O) groups is 1. The van der Waals surface area contributed by atoms with Gasteiger partial charge in [0.1, 0.15) is 0 Å². The molecule has 1 aromatic rings. The molecule has 2 atom stereocenters. The zero-order valence-electron chi connectivity index (χ0n) is 7.81. The van der Waals surface area contributed by atoms with Crippen molar-refractivity contribution in [3.05, 3.63) is 35.4 Å². The fourth-order valence-electron chi connectivity index (χ4n) is 2.12. The normalized spacial score (nSPS) is 24.6. The number of hydrogen-bond donors (Lipinski definition) is 2. The van der Waals surface area contributed by atoms with E-state index in [0.717, 1.165) is 11.1 Å². The third-order valence-corrected chi connectivity index (χ3v) is 2.77. The highest BCUT2D eigenvalue weighted by molar-refractivity contribution is 5.75. The lowest BCUT2D eigenvalue weighted by Crippen LogP contribution is -2.21. The molecule has 0 saturated carbocycles. The van der Waals surface area contributed by atoms with Crippen LogP contribution in [0.1, 0.15) is 23.5 Å². The topological polar surface area (TPSA) is 63.3 Å². The van der Waals surface area contributed by atoms with Gasteiger partial charge in [-0.2, -0.15) is 0 Å². The van der Waals surface area contributed by atoms with Gasteiger partial charge < -0.3 is 10.8 Å². The van der Waals surface area contributed by atoms with E-state index in [-0.39, 0.29) is 18.2 Å². The van der Waals surface area contributed by atoms with E-state index in [9.17, 15) is 9.90 Å². The van der Waals surface area contributed by atoms with Crippen molar-refractivity contribution in [3.63, 3.8) is 0 Å². The van der Waals surface area contributed by atoms with Crippen LogP contribution in [0, 0.1) is 0 Å². The van der Waals surface area contributed by atoms with Crippen LogP contribution in [0.25, 0.3) is 0 Å². The summed E-state index contributed by atoms with van der Waals surface area (Å²) < 4.78 is 0. The second-order valence-corrected chi connectivity index (χ2v) is 3.75. The van der Waals surface area contributed by atoms with Gasteiger partial charge in [-0.05, 0) is 17.5 Å². The molecule has 0 fully saturated rings. The summed E-state index contributed by atoms with van der Waals surface area (Å²) in [5.41, 5.74) is 7.34. The minimum absolute atomic E-state index is 0.108. The van der Waals surface area contributed by atoms with Gasteiger partial charge in [-0.3, -0.25) is 4.79 Å². The highest BCUT2D eigenvalue weighted by atomic mass is 16.3. The first-order valence-corrected chi connectivity index (χ1v) is 4.72. The summed E-state index contributed by atoms with van der Waals surface area (Å²) in [4.78, 5) is 10.8. The maximum atomic E-state index is 10.8. The molecular formula is C11H13NO2. The fourth-order valence-corrected chi connectivity index (χ4v) is 2.12. The predicted octanol–water partition coefficient (Wildman–Crippen LogP) is 0.563.